The van der Waals surface area contributed by atoms with E-state index in [1.807, 2.05) is 30.0 Å². The Morgan fingerprint density at radius 3 is 2.76 bits per heavy atom. The summed E-state index contributed by atoms with van der Waals surface area (Å²) in [4.78, 5) is 14.8. The van der Waals surface area contributed by atoms with Gasteiger partial charge in [0.25, 0.3) is 5.91 Å². The summed E-state index contributed by atoms with van der Waals surface area (Å²) in [5, 5.41) is 0. The zero-order chi connectivity index (χ0) is 15.4. The maximum Gasteiger partial charge on any atom is 0.256 e. The van der Waals surface area contributed by atoms with Gasteiger partial charge in [0.2, 0.25) is 0 Å². The number of rotatable bonds is 3. The lowest BCUT2D eigenvalue weighted by atomic mass is 9.89. The Hall–Kier alpha value is -1.55. The van der Waals surface area contributed by atoms with Gasteiger partial charge in [0.05, 0.1) is 11.3 Å². The van der Waals surface area contributed by atoms with Crippen LogP contribution in [0.5, 0.6) is 0 Å². The molecule has 21 heavy (non-hydrogen) atoms. The van der Waals surface area contributed by atoms with E-state index in [0.717, 1.165) is 37.4 Å². The summed E-state index contributed by atoms with van der Waals surface area (Å²) in [7, 11) is 0. The molecule has 4 heteroatoms. The molecule has 1 heterocycles. The van der Waals surface area contributed by atoms with E-state index in [0.29, 0.717) is 17.2 Å². The monoisotopic (exact) mass is 289 g/mol. The van der Waals surface area contributed by atoms with Gasteiger partial charge in [0, 0.05) is 13.1 Å². The van der Waals surface area contributed by atoms with Crippen LogP contribution in [0.25, 0.3) is 0 Å². The van der Waals surface area contributed by atoms with Crippen molar-refractivity contribution in [2.45, 2.75) is 40.0 Å². The number of anilines is 1. The van der Waals surface area contributed by atoms with Crippen molar-refractivity contribution in [1.29, 1.82) is 0 Å². The van der Waals surface area contributed by atoms with Gasteiger partial charge in [-0.15, -0.1) is 0 Å². The number of carbonyl (C=O) groups excluding carboxylic acids is 1. The number of aryl methyl sites for hydroxylation is 1. The zero-order valence-corrected chi connectivity index (χ0v) is 13.4. The number of nitrogens with one attached hydrogen (secondary N) is 1. The molecular formula is C17H27N3O. The molecule has 0 saturated carbocycles. The first-order valence-electron chi connectivity index (χ1n) is 7.89. The van der Waals surface area contributed by atoms with Crippen molar-refractivity contribution in [2.75, 3.05) is 18.5 Å². The molecule has 1 saturated heterocycles. The number of nitrogens with zero attached hydrogens (tertiary/aromatic N) is 1. The van der Waals surface area contributed by atoms with Crippen LogP contribution in [0.1, 0.15) is 49.0 Å². The third kappa shape index (κ3) is 3.76. The largest absolute Gasteiger partial charge is 0.339 e. The lowest BCUT2D eigenvalue weighted by Gasteiger charge is -2.23. The molecule has 0 aliphatic carbocycles. The fraction of sp³-hybridized carbons (Fsp3) is 0.588. The van der Waals surface area contributed by atoms with Crippen molar-refractivity contribution < 1.29 is 4.79 Å². The van der Waals surface area contributed by atoms with Crippen LogP contribution in [0.15, 0.2) is 18.2 Å². The van der Waals surface area contributed by atoms with Crippen LogP contribution in [-0.4, -0.2) is 23.9 Å². The van der Waals surface area contributed by atoms with E-state index in [1.165, 1.54) is 6.42 Å². The SMILES string of the molecule is Cc1ccc(NN)c(C(=O)N2CCCC(C(C)C)CC2)c1. The topological polar surface area (TPSA) is 58.4 Å². The predicted octanol–water partition coefficient (Wildman–Crippen LogP) is 3.18. The molecule has 4 nitrogen and oxygen atoms in total. The first-order chi connectivity index (χ1) is 10.0. The van der Waals surface area contributed by atoms with Crippen molar-refractivity contribution >= 4 is 11.6 Å². The standard InChI is InChI=1S/C17H27N3O/c1-12(2)14-5-4-9-20(10-8-14)17(21)15-11-13(3)6-7-16(15)19-18/h6-7,11-12,14,19H,4-5,8-10,18H2,1-3H3. The van der Waals surface area contributed by atoms with Gasteiger partial charge in [-0.1, -0.05) is 25.5 Å². The molecule has 2 rings (SSSR count). The maximum atomic E-state index is 12.8. The van der Waals surface area contributed by atoms with E-state index in [4.69, 9.17) is 5.84 Å². The van der Waals surface area contributed by atoms with E-state index in [9.17, 15) is 4.79 Å². The fourth-order valence-corrected chi connectivity index (χ4v) is 3.12. The number of nitrogen functional groups attached to an aromatic ring is 1. The summed E-state index contributed by atoms with van der Waals surface area (Å²) < 4.78 is 0. The minimum absolute atomic E-state index is 0.0936. The average Bonchev–Trinajstić information content (AvgIpc) is 2.72. The van der Waals surface area contributed by atoms with Crippen molar-refractivity contribution in [2.24, 2.45) is 17.7 Å². The van der Waals surface area contributed by atoms with Crippen LogP contribution >= 0.6 is 0 Å². The Kier molecular flexibility index (Phi) is 5.23. The molecule has 0 bridgehead atoms. The number of carbonyl (C=O) groups is 1. The summed E-state index contributed by atoms with van der Waals surface area (Å²) in [5.41, 5.74) is 5.10. The van der Waals surface area contributed by atoms with Crippen LogP contribution in [-0.2, 0) is 0 Å². The van der Waals surface area contributed by atoms with Gasteiger partial charge in [0.15, 0.2) is 0 Å². The second-order valence-electron chi connectivity index (χ2n) is 6.42. The van der Waals surface area contributed by atoms with Gasteiger partial charge in [-0.05, 0) is 50.2 Å². The van der Waals surface area contributed by atoms with Crippen molar-refractivity contribution in [3.63, 3.8) is 0 Å². The number of amides is 1. The number of hydrazine groups is 1. The number of hydrogen-bond donors (Lipinski definition) is 2. The van der Waals surface area contributed by atoms with E-state index in [-0.39, 0.29) is 5.91 Å². The molecule has 1 unspecified atom stereocenters. The lowest BCUT2D eigenvalue weighted by Crippen LogP contribution is -2.33. The molecule has 1 atom stereocenters. The molecule has 1 fully saturated rings. The van der Waals surface area contributed by atoms with Gasteiger partial charge in [-0.2, -0.15) is 0 Å². The molecule has 1 aliphatic rings. The van der Waals surface area contributed by atoms with Crippen LogP contribution in [0.2, 0.25) is 0 Å². The van der Waals surface area contributed by atoms with Crippen molar-refractivity contribution in [3.05, 3.63) is 29.3 Å². The number of benzene rings is 1. The summed E-state index contributed by atoms with van der Waals surface area (Å²) in [6.07, 6.45) is 3.41. The molecule has 0 spiro atoms. The Morgan fingerprint density at radius 1 is 1.33 bits per heavy atom. The summed E-state index contributed by atoms with van der Waals surface area (Å²) in [6.45, 7) is 8.24. The van der Waals surface area contributed by atoms with Crippen LogP contribution in [0.3, 0.4) is 0 Å². The summed E-state index contributed by atoms with van der Waals surface area (Å²) in [5.74, 6) is 7.06. The molecule has 116 valence electrons. The van der Waals surface area contributed by atoms with E-state index < -0.39 is 0 Å². The van der Waals surface area contributed by atoms with Gasteiger partial charge in [-0.25, -0.2) is 0 Å². The number of likely N-dealkylation sites (tertiary alicyclic amines) is 1. The Bertz CT molecular complexity index is 499. The molecule has 1 amide bonds. The highest BCUT2D eigenvalue weighted by Crippen LogP contribution is 2.26. The van der Waals surface area contributed by atoms with Crippen LogP contribution < -0.4 is 11.3 Å². The lowest BCUT2D eigenvalue weighted by molar-refractivity contribution is 0.0759. The van der Waals surface area contributed by atoms with Crippen molar-refractivity contribution in [1.82, 2.24) is 4.90 Å². The summed E-state index contributed by atoms with van der Waals surface area (Å²) >= 11 is 0. The Balaban J connectivity index is 2.15. The van der Waals surface area contributed by atoms with Gasteiger partial charge < -0.3 is 10.3 Å². The van der Waals surface area contributed by atoms with E-state index in [2.05, 4.69) is 19.3 Å². The van der Waals surface area contributed by atoms with E-state index in [1.54, 1.807) is 0 Å². The second kappa shape index (κ2) is 6.94. The number of hydrogen-bond acceptors (Lipinski definition) is 3. The normalized spacial score (nSPS) is 19.5. The molecule has 0 aromatic heterocycles. The molecule has 0 radical (unpaired) electrons. The highest BCUT2D eigenvalue weighted by atomic mass is 16.2. The molecule has 3 N–H and O–H groups in total. The molecule has 1 aliphatic heterocycles. The number of nitrogens with two attached hydrogens (primary N) is 1. The third-order valence-electron chi connectivity index (χ3n) is 4.56. The van der Waals surface area contributed by atoms with Gasteiger partial charge in [-0.3, -0.25) is 10.6 Å². The Morgan fingerprint density at radius 2 is 2.10 bits per heavy atom. The first kappa shape index (κ1) is 15.8. The van der Waals surface area contributed by atoms with Crippen LogP contribution in [0.4, 0.5) is 5.69 Å². The average molecular weight is 289 g/mol. The third-order valence-corrected chi connectivity index (χ3v) is 4.56. The fourth-order valence-electron chi connectivity index (χ4n) is 3.12. The summed E-state index contributed by atoms with van der Waals surface area (Å²) in [6, 6.07) is 5.75. The predicted molar refractivity (Wildman–Crippen MR) is 87.1 cm³/mol. The van der Waals surface area contributed by atoms with E-state index >= 15 is 0 Å². The zero-order valence-electron chi connectivity index (χ0n) is 13.4. The molecular weight excluding hydrogens is 262 g/mol. The van der Waals surface area contributed by atoms with Crippen LogP contribution in [0, 0.1) is 18.8 Å². The minimum atomic E-state index is 0.0936. The van der Waals surface area contributed by atoms with Gasteiger partial charge in [0.1, 0.15) is 0 Å². The molecule has 1 aromatic rings. The highest BCUT2D eigenvalue weighted by Gasteiger charge is 2.24. The van der Waals surface area contributed by atoms with Crippen molar-refractivity contribution in [3.8, 4) is 0 Å². The first-order valence-corrected chi connectivity index (χ1v) is 7.89. The molecule has 1 aromatic carbocycles. The Labute approximate surface area is 127 Å². The van der Waals surface area contributed by atoms with Gasteiger partial charge >= 0.3 is 0 Å². The highest BCUT2D eigenvalue weighted by molar-refractivity contribution is 5.99. The second-order valence-corrected chi connectivity index (χ2v) is 6.42. The quantitative estimate of drug-likeness (QED) is 0.663. The minimum Gasteiger partial charge on any atom is -0.339 e. The smallest absolute Gasteiger partial charge is 0.256 e. The maximum absolute atomic E-state index is 12.8.